The van der Waals surface area contributed by atoms with Crippen LogP contribution in [0, 0.1) is 0 Å². The molecule has 0 bridgehead atoms. The van der Waals surface area contributed by atoms with Crippen LogP contribution in [0.2, 0.25) is 0 Å². The van der Waals surface area contributed by atoms with Crippen LogP contribution < -0.4 is 5.32 Å². The molecule has 1 N–H and O–H groups in total. The zero-order chi connectivity index (χ0) is 10.4. The first-order valence-electron chi connectivity index (χ1n) is 5.46. The van der Waals surface area contributed by atoms with E-state index in [-0.39, 0.29) is 6.54 Å². The third kappa shape index (κ3) is 4.33. The van der Waals surface area contributed by atoms with Gasteiger partial charge in [-0.25, -0.2) is 8.78 Å². The van der Waals surface area contributed by atoms with Gasteiger partial charge in [-0.15, -0.1) is 0 Å². The fourth-order valence-corrected chi connectivity index (χ4v) is 1.93. The summed E-state index contributed by atoms with van der Waals surface area (Å²) < 4.78 is 24.3. The Balaban J connectivity index is 2.21. The Morgan fingerprint density at radius 3 is 2.93 bits per heavy atom. The van der Waals surface area contributed by atoms with Crippen molar-refractivity contribution in [1.82, 2.24) is 10.2 Å². The maximum absolute atomic E-state index is 12.1. The number of hydrogen-bond donors (Lipinski definition) is 1. The van der Waals surface area contributed by atoms with Crippen molar-refractivity contribution in [3.63, 3.8) is 0 Å². The maximum Gasteiger partial charge on any atom is 0.251 e. The number of nitrogens with zero attached hydrogens (tertiary/aromatic N) is 1. The number of piperidine rings is 1. The van der Waals surface area contributed by atoms with Gasteiger partial charge < -0.3 is 5.32 Å². The molecule has 4 heteroatoms. The molecule has 1 fully saturated rings. The predicted molar refractivity (Wildman–Crippen MR) is 53.8 cm³/mol. The number of alkyl halides is 2. The molecule has 1 aliphatic heterocycles. The molecule has 1 unspecified atom stereocenters. The maximum atomic E-state index is 12.1. The fraction of sp³-hybridized carbons (Fsp3) is 1.00. The second-order valence-electron chi connectivity index (χ2n) is 3.94. The number of rotatable bonds is 5. The van der Waals surface area contributed by atoms with Crippen LogP contribution in [0.3, 0.4) is 0 Å². The van der Waals surface area contributed by atoms with Gasteiger partial charge in [0.1, 0.15) is 0 Å². The van der Waals surface area contributed by atoms with Crippen LogP contribution in [-0.2, 0) is 0 Å². The predicted octanol–water partition coefficient (Wildman–Crippen LogP) is 1.72. The molecule has 1 heterocycles. The third-order valence-corrected chi connectivity index (χ3v) is 2.58. The standard InChI is InChI=1S/C10H20F2N2/c1-2-5-13-9-4-3-6-14(7-9)8-10(11)12/h9-10,13H,2-8H2,1H3. The van der Waals surface area contributed by atoms with Gasteiger partial charge in [0.05, 0.1) is 6.54 Å². The van der Waals surface area contributed by atoms with E-state index in [1.54, 1.807) is 0 Å². The summed E-state index contributed by atoms with van der Waals surface area (Å²) in [6, 6.07) is 0.419. The highest BCUT2D eigenvalue weighted by Gasteiger charge is 2.21. The van der Waals surface area contributed by atoms with E-state index in [1.807, 2.05) is 4.90 Å². The smallest absolute Gasteiger partial charge is 0.251 e. The Morgan fingerprint density at radius 2 is 2.29 bits per heavy atom. The Hall–Kier alpha value is -0.220. The Bertz CT molecular complexity index is 153. The molecule has 1 saturated heterocycles. The first-order chi connectivity index (χ1) is 6.72. The van der Waals surface area contributed by atoms with Gasteiger partial charge in [0.2, 0.25) is 0 Å². The van der Waals surface area contributed by atoms with Gasteiger partial charge in [-0.3, -0.25) is 4.90 Å². The van der Waals surface area contributed by atoms with E-state index in [4.69, 9.17) is 0 Å². The first kappa shape index (κ1) is 11.9. The molecule has 0 aliphatic carbocycles. The van der Waals surface area contributed by atoms with E-state index in [2.05, 4.69) is 12.2 Å². The number of halogens is 2. The molecule has 0 spiro atoms. The summed E-state index contributed by atoms with van der Waals surface area (Å²) in [5, 5.41) is 3.39. The van der Waals surface area contributed by atoms with E-state index in [1.165, 1.54) is 0 Å². The second kappa shape index (κ2) is 6.30. The molecular weight excluding hydrogens is 186 g/mol. The number of likely N-dealkylation sites (tertiary alicyclic amines) is 1. The van der Waals surface area contributed by atoms with Crippen LogP contribution in [0.1, 0.15) is 26.2 Å². The summed E-state index contributed by atoms with van der Waals surface area (Å²) in [4.78, 5) is 1.86. The molecule has 0 saturated carbocycles. The van der Waals surface area contributed by atoms with Crippen LogP contribution >= 0.6 is 0 Å². The molecule has 0 aromatic rings. The van der Waals surface area contributed by atoms with Crippen LogP contribution in [-0.4, -0.2) is 43.5 Å². The van der Waals surface area contributed by atoms with Gasteiger partial charge in [-0.2, -0.15) is 0 Å². The van der Waals surface area contributed by atoms with Crippen molar-refractivity contribution in [2.75, 3.05) is 26.2 Å². The van der Waals surface area contributed by atoms with Crippen molar-refractivity contribution >= 4 is 0 Å². The van der Waals surface area contributed by atoms with Gasteiger partial charge in [0.15, 0.2) is 0 Å². The minimum atomic E-state index is -2.19. The Kier molecular flexibility index (Phi) is 5.33. The third-order valence-electron chi connectivity index (χ3n) is 2.58. The van der Waals surface area contributed by atoms with Crippen molar-refractivity contribution in [3.8, 4) is 0 Å². The van der Waals surface area contributed by atoms with E-state index in [0.29, 0.717) is 6.04 Å². The first-order valence-corrected chi connectivity index (χ1v) is 5.46. The molecule has 84 valence electrons. The van der Waals surface area contributed by atoms with Gasteiger partial charge in [0, 0.05) is 12.6 Å². The van der Waals surface area contributed by atoms with E-state index in [9.17, 15) is 8.78 Å². The molecule has 1 aliphatic rings. The number of hydrogen-bond acceptors (Lipinski definition) is 2. The molecule has 2 nitrogen and oxygen atoms in total. The quantitative estimate of drug-likeness (QED) is 0.736. The van der Waals surface area contributed by atoms with E-state index >= 15 is 0 Å². The summed E-state index contributed by atoms with van der Waals surface area (Å²) in [6.45, 7) is 4.66. The minimum Gasteiger partial charge on any atom is -0.313 e. The fourth-order valence-electron chi connectivity index (χ4n) is 1.93. The van der Waals surface area contributed by atoms with E-state index < -0.39 is 6.43 Å². The summed E-state index contributed by atoms with van der Waals surface area (Å²) in [5.41, 5.74) is 0. The highest BCUT2D eigenvalue weighted by Crippen LogP contribution is 2.11. The molecule has 0 aromatic carbocycles. The molecule has 0 aromatic heterocycles. The van der Waals surface area contributed by atoms with E-state index in [0.717, 1.165) is 38.9 Å². The van der Waals surface area contributed by atoms with Crippen molar-refractivity contribution in [1.29, 1.82) is 0 Å². The average molecular weight is 206 g/mol. The van der Waals surface area contributed by atoms with Crippen LogP contribution in [0.4, 0.5) is 8.78 Å². The lowest BCUT2D eigenvalue weighted by atomic mass is 10.1. The number of nitrogens with one attached hydrogen (secondary N) is 1. The average Bonchev–Trinajstić information content (AvgIpc) is 2.14. The molecular formula is C10H20F2N2. The lowest BCUT2D eigenvalue weighted by Crippen LogP contribution is -2.47. The van der Waals surface area contributed by atoms with Gasteiger partial charge in [-0.05, 0) is 32.4 Å². The lowest BCUT2D eigenvalue weighted by molar-refractivity contribution is 0.0707. The summed E-state index contributed by atoms with van der Waals surface area (Å²) >= 11 is 0. The largest absolute Gasteiger partial charge is 0.313 e. The SMILES string of the molecule is CCCNC1CCCN(CC(F)F)C1. The van der Waals surface area contributed by atoms with Crippen LogP contribution in [0.5, 0.6) is 0 Å². The topological polar surface area (TPSA) is 15.3 Å². The zero-order valence-electron chi connectivity index (χ0n) is 8.81. The van der Waals surface area contributed by atoms with Crippen molar-refractivity contribution < 1.29 is 8.78 Å². The highest BCUT2D eigenvalue weighted by atomic mass is 19.3. The summed E-state index contributed by atoms with van der Waals surface area (Å²) in [7, 11) is 0. The molecule has 0 radical (unpaired) electrons. The molecule has 0 amide bonds. The van der Waals surface area contributed by atoms with Crippen LogP contribution in [0.25, 0.3) is 0 Å². The van der Waals surface area contributed by atoms with Crippen molar-refractivity contribution in [2.24, 2.45) is 0 Å². The zero-order valence-corrected chi connectivity index (χ0v) is 8.81. The van der Waals surface area contributed by atoms with Crippen LogP contribution in [0.15, 0.2) is 0 Å². The highest BCUT2D eigenvalue weighted by molar-refractivity contribution is 4.78. The lowest BCUT2D eigenvalue weighted by Gasteiger charge is -2.32. The van der Waals surface area contributed by atoms with Crippen molar-refractivity contribution in [2.45, 2.75) is 38.7 Å². The van der Waals surface area contributed by atoms with Crippen molar-refractivity contribution in [3.05, 3.63) is 0 Å². The summed E-state index contributed by atoms with van der Waals surface area (Å²) in [6.07, 6.45) is 1.07. The molecule has 14 heavy (non-hydrogen) atoms. The van der Waals surface area contributed by atoms with Gasteiger partial charge in [-0.1, -0.05) is 6.92 Å². The van der Waals surface area contributed by atoms with Gasteiger partial charge in [0.25, 0.3) is 6.43 Å². The Morgan fingerprint density at radius 1 is 1.50 bits per heavy atom. The van der Waals surface area contributed by atoms with Gasteiger partial charge >= 0.3 is 0 Å². The molecule has 1 atom stereocenters. The monoisotopic (exact) mass is 206 g/mol. The molecule has 1 rings (SSSR count). The summed E-state index contributed by atoms with van der Waals surface area (Å²) in [5.74, 6) is 0. The second-order valence-corrected chi connectivity index (χ2v) is 3.94. The normalized spacial score (nSPS) is 24.4. The minimum absolute atomic E-state index is 0.0652. The Labute approximate surface area is 84.7 Å².